The fourth-order valence-corrected chi connectivity index (χ4v) is 1.81. The summed E-state index contributed by atoms with van der Waals surface area (Å²) in [4.78, 5) is 11.7. The Morgan fingerprint density at radius 3 is 2.38 bits per heavy atom. The molecule has 1 aromatic rings. The summed E-state index contributed by atoms with van der Waals surface area (Å²) < 4.78 is 15.7. The Kier molecular flexibility index (Phi) is 8.47. The van der Waals surface area contributed by atoms with Crippen LogP contribution in [0.1, 0.15) is 32.4 Å². The van der Waals surface area contributed by atoms with E-state index in [0.29, 0.717) is 26.4 Å². The molecule has 0 radical (unpaired) electrons. The molecule has 1 rings (SSSR count). The SMILES string of the molecule is CCOCCOCC(=O)N[C@@H](C)c1ccc(OCC)cc1. The quantitative estimate of drug-likeness (QED) is 0.673. The minimum absolute atomic E-state index is 0.0500. The molecule has 0 spiro atoms. The van der Waals surface area contributed by atoms with Crippen molar-refractivity contribution >= 4 is 5.91 Å². The van der Waals surface area contributed by atoms with Gasteiger partial charge in [0.2, 0.25) is 5.91 Å². The Hall–Kier alpha value is -1.59. The molecule has 0 aliphatic carbocycles. The number of carbonyl (C=O) groups is 1. The standard InChI is InChI=1S/C16H25NO4/c1-4-19-10-11-20-12-16(18)17-13(3)14-6-8-15(9-7-14)21-5-2/h6-9,13H,4-5,10-12H2,1-3H3,(H,17,18)/t13-/m0/s1. The maximum Gasteiger partial charge on any atom is 0.246 e. The lowest BCUT2D eigenvalue weighted by molar-refractivity contribution is -0.126. The third-order valence-corrected chi connectivity index (χ3v) is 2.88. The van der Waals surface area contributed by atoms with Crippen LogP contribution in [0.2, 0.25) is 0 Å². The zero-order valence-corrected chi connectivity index (χ0v) is 13.1. The molecule has 0 aliphatic rings. The average molecular weight is 295 g/mol. The van der Waals surface area contributed by atoms with Gasteiger partial charge in [-0.25, -0.2) is 0 Å². The lowest BCUT2D eigenvalue weighted by Crippen LogP contribution is -2.30. The minimum Gasteiger partial charge on any atom is -0.494 e. The third-order valence-electron chi connectivity index (χ3n) is 2.88. The van der Waals surface area contributed by atoms with Gasteiger partial charge >= 0.3 is 0 Å². The lowest BCUT2D eigenvalue weighted by atomic mass is 10.1. The first-order chi connectivity index (χ1) is 10.2. The second-order valence-corrected chi connectivity index (χ2v) is 4.54. The maximum absolute atomic E-state index is 11.7. The van der Waals surface area contributed by atoms with Crippen molar-refractivity contribution in [1.82, 2.24) is 5.32 Å². The number of hydrogen-bond donors (Lipinski definition) is 1. The van der Waals surface area contributed by atoms with E-state index in [1.807, 2.05) is 45.0 Å². The summed E-state index contributed by atoms with van der Waals surface area (Å²) in [7, 11) is 0. The highest BCUT2D eigenvalue weighted by Crippen LogP contribution is 2.17. The highest BCUT2D eigenvalue weighted by atomic mass is 16.5. The smallest absolute Gasteiger partial charge is 0.246 e. The van der Waals surface area contributed by atoms with Crippen molar-refractivity contribution < 1.29 is 19.0 Å². The zero-order chi connectivity index (χ0) is 15.5. The fraction of sp³-hybridized carbons (Fsp3) is 0.562. The Morgan fingerprint density at radius 1 is 1.10 bits per heavy atom. The van der Waals surface area contributed by atoms with E-state index in [1.165, 1.54) is 0 Å². The number of ether oxygens (including phenoxy) is 3. The Balaban J connectivity index is 2.31. The molecule has 1 amide bonds. The van der Waals surface area contributed by atoms with Gasteiger partial charge in [-0.3, -0.25) is 4.79 Å². The summed E-state index contributed by atoms with van der Waals surface area (Å²) in [5.74, 6) is 0.701. The van der Waals surface area contributed by atoms with Gasteiger partial charge in [-0.05, 0) is 38.5 Å². The fourth-order valence-electron chi connectivity index (χ4n) is 1.81. The number of benzene rings is 1. The molecular weight excluding hydrogens is 270 g/mol. The van der Waals surface area contributed by atoms with Gasteiger partial charge in [-0.1, -0.05) is 12.1 Å². The first-order valence-corrected chi connectivity index (χ1v) is 7.35. The molecule has 0 saturated carbocycles. The van der Waals surface area contributed by atoms with Crippen molar-refractivity contribution in [3.63, 3.8) is 0 Å². The number of nitrogens with one attached hydrogen (secondary N) is 1. The van der Waals surface area contributed by atoms with Gasteiger partial charge in [0.25, 0.3) is 0 Å². The first-order valence-electron chi connectivity index (χ1n) is 7.35. The van der Waals surface area contributed by atoms with Crippen molar-refractivity contribution in [1.29, 1.82) is 0 Å². The van der Waals surface area contributed by atoms with Gasteiger partial charge in [-0.2, -0.15) is 0 Å². The maximum atomic E-state index is 11.7. The molecule has 118 valence electrons. The van der Waals surface area contributed by atoms with E-state index in [9.17, 15) is 4.79 Å². The Labute approximate surface area is 126 Å². The van der Waals surface area contributed by atoms with Crippen molar-refractivity contribution in [3.8, 4) is 5.75 Å². The summed E-state index contributed by atoms with van der Waals surface area (Å²) in [5, 5.41) is 2.89. The molecule has 0 aliphatic heterocycles. The zero-order valence-electron chi connectivity index (χ0n) is 13.1. The van der Waals surface area contributed by atoms with Crippen LogP contribution in [-0.2, 0) is 14.3 Å². The molecule has 21 heavy (non-hydrogen) atoms. The van der Waals surface area contributed by atoms with E-state index >= 15 is 0 Å². The second kappa shape index (κ2) is 10.2. The first kappa shape index (κ1) is 17.5. The number of hydrogen-bond acceptors (Lipinski definition) is 4. The molecule has 1 atom stereocenters. The number of carbonyl (C=O) groups excluding carboxylic acids is 1. The van der Waals surface area contributed by atoms with Crippen LogP contribution in [0.15, 0.2) is 24.3 Å². The normalized spacial score (nSPS) is 12.0. The van der Waals surface area contributed by atoms with Crippen molar-refractivity contribution in [2.75, 3.05) is 33.0 Å². The molecule has 1 N–H and O–H groups in total. The van der Waals surface area contributed by atoms with E-state index in [-0.39, 0.29) is 18.6 Å². The molecular formula is C16H25NO4. The van der Waals surface area contributed by atoms with Crippen LogP contribution in [0, 0.1) is 0 Å². The second-order valence-electron chi connectivity index (χ2n) is 4.54. The van der Waals surface area contributed by atoms with Gasteiger partial charge < -0.3 is 19.5 Å². The number of rotatable bonds is 10. The Morgan fingerprint density at radius 2 is 1.76 bits per heavy atom. The van der Waals surface area contributed by atoms with Crippen LogP contribution in [-0.4, -0.2) is 38.9 Å². The molecule has 0 unspecified atom stereocenters. The van der Waals surface area contributed by atoms with Crippen LogP contribution in [0.5, 0.6) is 5.75 Å². The third kappa shape index (κ3) is 7.11. The monoisotopic (exact) mass is 295 g/mol. The van der Waals surface area contributed by atoms with Crippen molar-refractivity contribution in [2.45, 2.75) is 26.8 Å². The Bertz CT molecular complexity index is 405. The lowest BCUT2D eigenvalue weighted by Gasteiger charge is -2.15. The summed E-state index contributed by atoms with van der Waals surface area (Å²) in [6.07, 6.45) is 0. The van der Waals surface area contributed by atoms with E-state index in [2.05, 4.69) is 5.32 Å². The molecule has 0 fully saturated rings. The van der Waals surface area contributed by atoms with E-state index in [1.54, 1.807) is 0 Å². The van der Waals surface area contributed by atoms with E-state index in [0.717, 1.165) is 11.3 Å². The van der Waals surface area contributed by atoms with Crippen molar-refractivity contribution in [3.05, 3.63) is 29.8 Å². The molecule has 5 nitrogen and oxygen atoms in total. The van der Waals surface area contributed by atoms with Gasteiger partial charge in [0, 0.05) is 6.61 Å². The van der Waals surface area contributed by atoms with Crippen LogP contribution in [0.25, 0.3) is 0 Å². The largest absolute Gasteiger partial charge is 0.494 e. The molecule has 0 aromatic heterocycles. The molecule has 1 aromatic carbocycles. The van der Waals surface area contributed by atoms with Gasteiger partial charge in [0.05, 0.1) is 25.9 Å². The van der Waals surface area contributed by atoms with E-state index in [4.69, 9.17) is 14.2 Å². The van der Waals surface area contributed by atoms with E-state index < -0.39 is 0 Å². The van der Waals surface area contributed by atoms with Gasteiger partial charge in [-0.15, -0.1) is 0 Å². The predicted octanol–water partition coefficient (Wildman–Crippen LogP) is 2.32. The summed E-state index contributed by atoms with van der Waals surface area (Å²) in [6.45, 7) is 8.10. The van der Waals surface area contributed by atoms with Gasteiger partial charge in [0.1, 0.15) is 12.4 Å². The summed E-state index contributed by atoms with van der Waals surface area (Å²) >= 11 is 0. The molecule has 0 bridgehead atoms. The van der Waals surface area contributed by atoms with Crippen molar-refractivity contribution in [2.24, 2.45) is 0 Å². The summed E-state index contributed by atoms with van der Waals surface area (Å²) in [6, 6.07) is 7.64. The summed E-state index contributed by atoms with van der Waals surface area (Å²) in [5.41, 5.74) is 1.03. The topological polar surface area (TPSA) is 56.8 Å². The minimum atomic E-state index is -0.132. The molecule has 0 saturated heterocycles. The predicted molar refractivity (Wildman–Crippen MR) is 81.5 cm³/mol. The van der Waals surface area contributed by atoms with Crippen LogP contribution >= 0.6 is 0 Å². The highest BCUT2D eigenvalue weighted by Gasteiger charge is 2.09. The molecule has 5 heteroatoms. The van der Waals surface area contributed by atoms with Gasteiger partial charge in [0.15, 0.2) is 0 Å². The molecule has 0 heterocycles. The van der Waals surface area contributed by atoms with Crippen LogP contribution in [0.3, 0.4) is 0 Å². The number of amides is 1. The van der Waals surface area contributed by atoms with Crippen LogP contribution < -0.4 is 10.1 Å². The highest BCUT2D eigenvalue weighted by molar-refractivity contribution is 5.77. The average Bonchev–Trinajstić information content (AvgIpc) is 2.48. The van der Waals surface area contributed by atoms with Crippen LogP contribution in [0.4, 0.5) is 0 Å².